The summed E-state index contributed by atoms with van der Waals surface area (Å²) in [6, 6.07) is 7.70. The van der Waals surface area contributed by atoms with Gasteiger partial charge in [-0.25, -0.2) is 17.5 Å². The van der Waals surface area contributed by atoms with Crippen molar-refractivity contribution >= 4 is 21.4 Å². The molecule has 0 amide bonds. The SMILES string of the molecule is Cc1cc([N+](=O)[O-])cc(S(=O)(=O)Nc2ccc(-n3cccn3)c(F)c2)c1C. The van der Waals surface area contributed by atoms with Gasteiger partial charge in [0.05, 0.1) is 15.5 Å². The zero-order valence-corrected chi connectivity index (χ0v) is 15.2. The van der Waals surface area contributed by atoms with Gasteiger partial charge < -0.3 is 0 Å². The van der Waals surface area contributed by atoms with E-state index in [0.717, 1.165) is 12.1 Å². The molecule has 0 radical (unpaired) electrons. The summed E-state index contributed by atoms with van der Waals surface area (Å²) in [5.74, 6) is -0.675. The largest absolute Gasteiger partial charge is 0.280 e. The van der Waals surface area contributed by atoms with Crippen molar-refractivity contribution in [3.05, 3.63) is 75.9 Å². The molecule has 0 unspecified atom stereocenters. The van der Waals surface area contributed by atoms with Gasteiger partial charge in [0.15, 0.2) is 5.82 Å². The summed E-state index contributed by atoms with van der Waals surface area (Å²) in [6.07, 6.45) is 3.04. The van der Waals surface area contributed by atoms with E-state index in [1.807, 2.05) is 0 Å². The maximum atomic E-state index is 14.3. The molecule has 1 aromatic heterocycles. The number of anilines is 1. The Morgan fingerprint density at radius 1 is 1.22 bits per heavy atom. The molecule has 0 aliphatic carbocycles. The average Bonchev–Trinajstić information content (AvgIpc) is 3.10. The van der Waals surface area contributed by atoms with Crippen molar-refractivity contribution in [2.45, 2.75) is 18.7 Å². The first-order chi connectivity index (χ1) is 12.7. The minimum Gasteiger partial charge on any atom is -0.280 e. The minimum atomic E-state index is -4.15. The number of aryl methyl sites for hydroxylation is 1. The molecule has 3 rings (SSSR count). The molecule has 1 heterocycles. The summed E-state index contributed by atoms with van der Waals surface area (Å²) >= 11 is 0. The first-order valence-corrected chi connectivity index (χ1v) is 9.25. The molecule has 2 aromatic carbocycles. The Kier molecular flexibility index (Phi) is 4.66. The molecule has 0 bridgehead atoms. The van der Waals surface area contributed by atoms with Crippen LogP contribution in [0.1, 0.15) is 11.1 Å². The average molecular weight is 390 g/mol. The van der Waals surface area contributed by atoms with E-state index in [0.29, 0.717) is 11.1 Å². The Hall–Kier alpha value is -3.27. The van der Waals surface area contributed by atoms with E-state index in [1.54, 1.807) is 26.1 Å². The highest BCUT2D eigenvalue weighted by Gasteiger charge is 2.23. The van der Waals surface area contributed by atoms with E-state index in [9.17, 15) is 22.9 Å². The fourth-order valence-corrected chi connectivity index (χ4v) is 3.96. The smallest absolute Gasteiger partial charge is 0.271 e. The molecule has 140 valence electrons. The van der Waals surface area contributed by atoms with Crippen LogP contribution in [0.4, 0.5) is 15.8 Å². The Morgan fingerprint density at radius 3 is 2.56 bits per heavy atom. The van der Waals surface area contributed by atoms with Gasteiger partial charge in [-0.15, -0.1) is 0 Å². The Morgan fingerprint density at radius 2 is 1.96 bits per heavy atom. The highest BCUT2D eigenvalue weighted by atomic mass is 32.2. The number of nitrogens with zero attached hydrogens (tertiary/aromatic N) is 3. The van der Waals surface area contributed by atoms with Crippen LogP contribution in [0.3, 0.4) is 0 Å². The third-order valence-corrected chi connectivity index (χ3v) is 5.56. The van der Waals surface area contributed by atoms with Crippen LogP contribution in [-0.2, 0) is 10.0 Å². The molecule has 0 spiro atoms. The van der Waals surface area contributed by atoms with E-state index >= 15 is 0 Å². The number of halogens is 1. The van der Waals surface area contributed by atoms with E-state index in [4.69, 9.17) is 0 Å². The lowest BCUT2D eigenvalue weighted by Gasteiger charge is -2.13. The van der Waals surface area contributed by atoms with Crippen molar-refractivity contribution in [2.75, 3.05) is 4.72 Å². The number of hydrogen-bond donors (Lipinski definition) is 1. The van der Waals surface area contributed by atoms with Crippen molar-refractivity contribution in [3.63, 3.8) is 0 Å². The van der Waals surface area contributed by atoms with Gasteiger partial charge in [0.25, 0.3) is 15.7 Å². The molecule has 0 fully saturated rings. The first kappa shape index (κ1) is 18.5. The minimum absolute atomic E-state index is 0.00744. The Bertz CT molecular complexity index is 1130. The van der Waals surface area contributed by atoms with Crippen molar-refractivity contribution in [1.82, 2.24) is 9.78 Å². The van der Waals surface area contributed by atoms with Gasteiger partial charge in [0.2, 0.25) is 0 Å². The van der Waals surface area contributed by atoms with Crippen LogP contribution < -0.4 is 4.72 Å². The third kappa shape index (κ3) is 3.65. The van der Waals surface area contributed by atoms with Crippen LogP contribution in [0.25, 0.3) is 5.69 Å². The van der Waals surface area contributed by atoms with Crippen molar-refractivity contribution < 1.29 is 17.7 Å². The van der Waals surface area contributed by atoms with Crippen LogP contribution in [0.15, 0.2) is 53.7 Å². The van der Waals surface area contributed by atoms with Gasteiger partial charge in [-0.3, -0.25) is 14.8 Å². The van der Waals surface area contributed by atoms with Crippen LogP contribution in [0.5, 0.6) is 0 Å². The molecule has 0 aliphatic heterocycles. The second-order valence-corrected chi connectivity index (χ2v) is 7.52. The van der Waals surface area contributed by atoms with Crippen molar-refractivity contribution in [1.29, 1.82) is 0 Å². The zero-order chi connectivity index (χ0) is 19.8. The number of nitro groups is 1. The lowest BCUT2D eigenvalue weighted by atomic mass is 10.1. The van der Waals surface area contributed by atoms with E-state index in [1.165, 1.54) is 29.1 Å². The van der Waals surface area contributed by atoms with E-state index < -0.39 is 20.8 Å². The number of aromatic nitrogens is 2. The Labute approximate surface area is 154 Å². The summed E-state index contributed by atoms with van der Waals surface area (Å²) in [5.41, 5.74) is 0.655. The summed E-state index contributed by atoms with van der Waals surface area (Å²) in [5, 5.41) is 14.9. The second-order valence-electron chi connectivity index (χ2n) is 5.87. The lowest BCUT2D eigenvalue weighted by Crippen LogP contribution is -2.15. The van der Waals surface area contributed by atoms with E-state index in [-0.39, 0.29) is 22.0 Å². The van der Waals surface area contributed by atoms with Crippen LogP contribution in [-0.4, -0.2) is 23.1 Å². The number of rotatable bonds is 5. The number of nitro benzene ring substituents is 1. The van der Waals surface area contributed by atoms with Gasteiger partial charge in [0, 0.05) is 30.6 Å². The molecule has 0 saturated heterocycles. The predicted molar refractivity (Wildman–Crippen MR) is 96.9 cm³/mol. The van der Waals surface area contributed by atoms with Crippen LogP contribution >= 0.6 is 0 Å². The second kappa shape index (κ2) is 6.80. The summed E-state index contributed by atoms with van der Waals surface area (Å²) < 4.78 is 43.3. The molecule has 0 aliphatic rings. The topological polar surface area (TPSA) is 107 Å². The number of sulfonamides is 1. The fraction of sp³-hybridized carbons (Fsp3) is 0.118. The van der Waals surface area contributed by atoms with Gasteiger partial charge in [-0.05, 0) is 43.2 Å². The summed E-state index contributed by atoms with van der Waals surface area (Å²) in [4.78, 5) is 10.1. The van der Waals surface area contributed by atoms with E-state index in [2.05, 4.69) is 9.82 Å². The molecule has 3 aromatic rings. The maximum absolute atomic E-state index is 14.3. The molecule has 0 atom stereocenters. The molecule has 10 heteroatoms. The van der Waals surface area contributed by atoms with Gasteiger partial charge in [0.1, 0.15) is 5.69 Å². The normalized spacial score (nSPS) is 11.4. The molecule has 0 saturated carbocycles. The maximum Gasteiger partial charge on any atom is 0.271 e. The molecular formula is C17H15FN4O4S. The fourth-order valence-electron chi connectivity index (χ4n) is 2.57. The molecular weight excluding hydrogens is 375 g/mol. The van der Waals surface area contributed by atoms with Crippen molar-refractivity contribution in [3.8, 4) is 5.69 Å². The lowest BCUT2D eigenvalue weighted by molar-refractivity contribution is -0.385. The highest BCUT2D eigenvalue weighted by Crippen LogP contribution is 2.27. The summed E-state index contributed by atoms with van der Waals surface area (Å²) in [7, 11) is -4.15. The molecule has 8 nitrogen and oxygen atoms in total. The number of hydrogen-bond acceptors (Lipinski definition) is 5. The first-order valence-electron chi connectivity index (χ1n) is 7.77. The van der Waals surface area contributed by atoms with Crippen LogP contribution in [0.2, 0.25) is 0 Å². The van der Waals surface area contributed by atoms with Crippen molar-refractivity contribution in [2.24, 2.45) is 0 Å². The zero-order valence-electron chi connectivity index (χ0n) is 14.4. The van der Waals surface area contributed by atoms with Gasteiger partial charge >= 0.3 is 0 Å². The molecule has 27 heavy (non-hydrogen) atoms. The summed E-state index contributed by atoms with van der Waals surface area (Å²) in [6.45, 7) is 3.13. The van der Waals surface area contributed by atoms with Gasteiger partial charge in [-0.2, -0.15) is 5.10 Å². The van der Waals surface area contributed by atoms with Gasteiger partial charge in [-0.1, -0.05) is 0 Å². The number of non-ortho nitro benzene ring substituents is 1. The monoisotopic (exact) mass is 390 g/mol. The quantitative estimate of drug-likeness (QED) is 0.531. The highest BCUT2D eigenvalue weighted by molar-refractivity contribution is 7.92. The predicted octanol–water partition coefficient (Wildman–Crippen LogP) is 3.34. The number of benzene rings is 2. The third-order valence-electron chi connectivity index (χ3n) is 4.06. The standard InChI is InChI=1S/C17H15FN4O4S/c1-11-8-14(22(23)24)10-17(12(11)2)27(25,26)20-13-4-5-16(15(18)9-13)21-7-3-6-19-21/h3-10,20H,1-2H3. The Balaban J connectivity index is 1.98. The van der Waals surface area contributed by atoms with Crippen LogP contribution in [0, 0.1) is 29.8 Å². The number of nitrogens with one attached hydrogen (secondary N) is 1. The molecule has 1 N–H and O–H groups in total.